The van der Waals surface area contributed by atoms with Gasteiger partial charge in [0.25, 0.3) is 0 Å². The van der Waals surface area contributed by atoms with E-state index in [1.807, 2.05) is 0 Å². The lowest BCUT2D eigenvalue weighted by atomic mass is 10.1. The Bertz CT molecular complexity index is 356. The quantitative estimate of drug-likeness (QED) is 0.568. The number of ether oxygens (including phenoxy) is 1. The number of nitrogens with zero attached hydrogens (tertiary/aromatic N) is 1. The maximum absolute atomic E-state index is 10.9. The summed E-state index contributed by atoms with van der Waals surface area (Å²) in [7, 11) is 1.12. The Kier molecular flexibility index (Phi) is 3.59. The highest BCUT2D eigenvalue weighted by atomic mass is 16.5. The molecule has 1 aromatic heterocycles. The van der Waals surface area contributed by atoms with Crippen molar-refractivity contribution in [2.75, 3.05) is 12.8 Å². The molecule has 15 heavy (non-hydrogen) atoms. The van der Waals surface area contributed by atoms with E-state index in [2.05, 4.69) is 9.72 Å². The van der Waals surface area contributed by atoms with Crippen LogP contribution in [-0.2, 0) is 9.53 Å². The monoisotopic (exact) mass is 212 g/mol. The molecule has 0 aliphatic carbocycles. The van der Waals surface area contributed by atoms with Crippen molar-refractivity contribution in [3.8, 4) is 0 Å². The van der Waals surface area contributed by atoms with Gasteiger partial charge in [0, 0.05) is 18.0 Å². The number of aromatic nitrogens is 1. The second-order valence-electron chi connectivity index (χ2n) is 2.96. The summed E-state index contributed by atoms with van der Waals surface area (Å²) < 4.78 is 4.28. The SMILES string of the molecule is COC(=O)C(O)C(O)c1cncc(N)c1. The molecule has 0 fully saturated rings. The van der Waals surface area contributed by atoms with Gasteiger partial charge in [-0.25, -0.2) is 4.79 Å². The van der Waals surface area contributed by atoms with E-state index in [0.717, 1.165) is 7.11 Å². The zero-order chi connectivity index (χ0) is 11.4. The summed E-state index contributed by atoms with van der Waals surface area (Å²) in [5.74, 6) is -0.912. The number of rotatable bonds is 3. The van der Waals surface area contributed by atoms with E-state index < -0.39 is 18.2 Å². The van der Waals surface area contributed by atoms with E-state index in [1.165, 1.54) is 18.5 Å². The van der Waals surface area contributed by atoms with Gasteiger partial charge >= 0.3 is 5.97 Å². The van der Waals surface area contributed by atoms with Crippen LogP contribution in [-0.4, -0.2) is 34.4 Å². The fraction of sp³-hybridized carbons (Fsp3) is 0.333. The number of aliphatic hydroxyl groups is 2. The van der Waals surface area contributed by atoms with E-state index in [4.69, 9.17) is 5.73 Å². The minimum atomic E-state index is -1.64. The predicted octanol–water partition coefficient (Wildman–Crippen LogP) is -0.769. The second kappa shape index (κ2) is 4.72. The van der Waals surface area contributed by atoms with Gasteiger partial charge in [-0.3, -0.25) is 4.98 Å². The molecule has 1 rings (SSSR count). The summed E-state index contributed by atoms with van der Waals surface area (Å²) in [6, 6.07) is 1.42. The number of hydrogen-bond donors (Lipinski definition) is 3. The molecule has 6 nitrogen and oxygen atoms in total. The first-order valence-electron chi connectivity index (χ1n) is 4.20. The number of nitrogens with two attached hydrogens (primary N) is 1. The largest absolute Gasteiger partial charge is 0.467 e. The highest BCUT2D eigenvalue weighted by Gasteiger charge is 2.26. The number of anilines is 1. The Hall–Kier alpha value is -1.66. The molecule has 0 amide bonds. The molecular formula is C9H12N2O4. The minimum Gasteiger partial charge on any atom is -0.467 e. The van der Waals surface area contributed by atoms with Crippen molar-refractivity contribution in [3.05, 3.63) is 24.0 Å². The molecule has 4 N–H and O–H groups in total. The number of carbonyl (C=O) groups is 1. The molecule has 0 radical (unpaired) electrons. The van der Waals surface area contributed by atoms with Crippen molar-refractivity contribution in [1.29, 1.82) is 0 Å². The van der Waals surface area contributed by atoms with E-state index >= 15 is 0 Å². The van der Waals surface area contributed by atoms with E-state index in [9.17, 15) is 15.0 Å². The van der Waals surface area contributed by atoms with Gasteiger partial charge in [-0.15, -0.1) is 0 Å². The van der Waals surface area contributed by atoms with E-state index in [-0.39, 0.29) is 5.56 Å². The van der Waals surface area contributed by atoms with Gasteiger partial charge in [0.05, 0.1) is 12.8 Å². The van der Waals surface area contributed by atoms with Crippen molar-refractivity contribution in [3.63, 3.8) is 0 Å². The van der Waals surface area contributed by atoms with Gasteiger partial charge in [-0.1, -0.05) is 0 Å². The number of hydrogen-bond acceptors (Lipinski definition) is 6. The van der Waals surface area contributed by atoms with Crippen LogP contribution in [0.1, 0.15) is 11.7 Å². The number of esters is 1. The number of pyridine rings is 1. The Morgan fingerprint density at radius 1 is 1.53 bits per heavy atom. The summed E-state index contributed by atoms with van der Waals surface area (Å²) in [6.45, 7) is 0. The number of carbonyl (C=O) groups excluding carboxylic acids is 1. The van der Waals surface area contributed by atoms with Gasteiger partial charge in [0.1, 0.15) is 6.10 Å². The van der Waals surface area contributed by atoms with E-state index in [1.54, 1.807) is 0 Å². The van der Waals surface area contributed by atoms with Crippen LogP contribution in [0, 0.1) is 0 Å². The standard InChI is InChI=1S/C9H12N2O4/c1-15-9(14)8(13)7(12)5-2-6(10)4-11-3-5/h2-4,7-8,12-13H,10H2,1H3. The Morgan fingerprint density at radius 3 is 2.73 bits per heavy atom. The molecule has 1 heterocycles. The van der Waals surface area contributed by atoms with Crippen molar-refractivity contribution < 1.29 is 19.7 Å². The lowest BCUT2D eigenvalue weighted by Gasteiger charge is -2.15. The first-order chi connectivity index (χ1) is 7.06. The van der Waals surface area contributed by atoms with Crippen LogP contribution in [0.15, 0.2) is 18.5 Å². The van der Waals surface area contributed by atoms with Crippen LogP contribution in [0.5, 0.6) is 0 Å². The van der Waals surface area contributed by atoms with Gasteiger partial charge < -0.3 is 20.7 Å². The number of aliphatic hydroxyl groups excluding tert-OH is 2. The van der Waals surface area contributed by atoms with Crippen LogP contribution >= 0.6 is 0 Å². The molecular weight excluding hydrogens is 200 g/mol. The van der Waals surface area contributed by atoms with Crippen LogP contribution in [0.2, 0.25) is 0 Å². The zero-order valence-electron chi connectivity index (χ0n) is 8.12. The van der Waals surface area contributed by atoms with Gasteiger partial charge in [-0.05, 0) is 6.07 Å². The van der Waals surface area contributed by atoms with Crippen molar-refractivity contribution in [1.82, 2.24) is 4.98 Å². The highest BCUT2D eigenvalue weighted by molar-refractivity contribution is 5.75. The molecule has 0 bridgehead atoms. The van der Waals surface area contributed by atoms with E-state index in [0.29, 0.717) is 5.69 Å². The maximum atomic E-state index is 10.9. The van der Waals surface area contributed by atoms with Crippen molar-refractivity contribution in [2.24, 2.45) is 0 Å². The third-order valence-electron chi connectivity index (χ3n) is 1.86. The number of methoxy groups -OCH3 is 1. The lowest BCUT2D eigenvalue weighted by Crippen LogP contribution is -2.29. The van der Waals surface area contributed by atoms with Crippen molar-refractivity contribution in [2.45, 2.75) is 12.2 Å². The van der Waals surface area contributed by atoms with Crippen LogP contribution < -0.4 is 5.73 Å². The third kappa shape index (κ3) is 2.64. The van der Waals surface area contributed by atoms with Crippen LogP contribution in [0.4, 0.5) is 5.69 Å². The summed E-state index contributed by atoms with van der Waals surface area (Å²) in [5.41, 5.74) is 6.03. The summed E-state index contributed by atoms with van der Waals surface area (Å²) in [4.78, 5) is 14.7. The fourth-order valence-electron chi connectivity index (χ4n) is 1.07. The first kappa shape index (κ1) is 11.4. The zero-order valence-corrected chi connectivity index (χ0v) is 8.12. The molecule has 2 atom stereocenters. The van der Waals surface area contributed by atoms with Crippen molar-refractivity contribution >= 4 is 11.7 Å². The number of nitrogen functional groups attached to an aromatic ring is 1. The first-order valence-corrected chi connectivity index (χ1v) is 4.20. The summed E-state index contributed by atoms with van der Waals surface area (Å²) in [5, 5.41) is 18.9. The Labute approximate surface area is 86.3 Å². The van der Waals surface area contributed by atoms with Crippen LogP contribution in [0.3, 0.4) is 0 Å². The molecule has 0 saturated heterocycles. The average molecular weight is 212 g/mol. The van der Waals surface area contributed by atoms with Gasteiger partial charge in [0.15, 0.2) is 6.10 Å². The predicted molar refractivity (Wildman–Crippen MR) is 51.6 cm³/mol. The van der Waals surface area contributed by atoms with Gasteiger partial charge in [0.2, 0.25) is 0 Å². The smallest absolute Gasteiger partial charge is 0.337 e. The molecule has 82 valence electrons. The van der Waals surface area contributed by atoms with Gasteiger partial charge in [-0.2, -0.15) is 0 Å². The molecule has 0 saturated carbocycles. The third-order valence-corrected chi connectivity index (χ3v) is 1.86. The molecule has 6 heteroatoms. The summed E-state index contributed by atoms with van der Waals surface area (Å²) in [6.07, 6.45) is -0.333. The second-order valence-corrected chi connectivity index (χ2v) is 2.96. The molecule has 1 aromatic rings. The van der Waals surface area contributed by atoms with Crippen LogP contribution in [0.25, 0.3) is 0 Å². The maximum Gasteiger partial charge on any atom is 0.337 e. The topological polar surface area (TPSA) is 106 Å². The molecule has 0 aromatic carbocycles. The normalized spacial score (nSPS) is 14.3. The molecule has 0 spiro atoms. The fourth-order valence-corrected chi connectivity index (χ4v) is 1.07. The minimum absolute atomic E-state index is 0.257. The molecule has 0 aliphatic heterocycles. The average Bonchev–Trinajstić information content (AvgIpc) is 2.26. The molecule has 2 unspecified atom stereocenters. The summed E-state index contributed by atoms with van der Waals surface area (Å²) >= 11 is 0. The molecule has 0 aliphatic rings. The Balaban J connectivity index is 2.84. The highest BCUT2D eigenvalue weighted by Crippen LogP contribution is 2.18. The lowest BCUT2D eigenvalue weighted by molar-refractivity contribution is -0.156. The Morgan fingerprint density at radius 2 is 2.20 bits per heavy atom.